The van der Waals surface area contributed by atoms with Gasteiger partial charge in [-0.25, -0.2) is 8.42 Å². The largest absolute Gasteiger partial charge is 0.342 e. The van der Waals surface area contributed by atoms with Gasteiger partial charge in [0.25, 0.3) is 0 Å². The third-order valence-electron chi connectivity index (χ3n) is 4.15. The molecule has 2 heterocycles. The van der Waals surface area contributed by atoms with Crippen molar-refractivity contribution >= 4 is 15.7 Å². The van der Waals surface area contributed by atoms with Gasteiger partial charge in [0.05, 0.1) is 11.5 Å². The quantitative estimate of drug-likeness (QED) is 0.765. The van der Waals surface area contributed by atoms with E-state index in [1.54, 1.807) is 0 Å². The maximum Gasteiger partial charge on any atom is 0.222 e. The van der Waals surface area contributed by atoms with Crippen LogP contribution in [0.15, 0.2) is 0 Å². The summed E-state index contributed by atoms with van der Waals surface area (Å²) in [6.07, 6.45) is 4.19. The van der Waals surface area contributed by atoms with E-state index in [1.165, 1.54) is 6.42 Å². The molecule has 0 aromatic rings. The van der Waals surface area contributed by atoms with Crippen LogP contribution >= 0.6 is 0 Å². The fourth-order valence-corrected chi connectivity index (χ4v) is 4.52. The lowest BCUT2D eigenvalue weighted by Crippen LogP contribution is -2.40. The van der Waals surface area contributed by atoms with E-state index in [4.69, 9.17) is 0 Å². The molecule has 18 heavy (non-hydrogen) atoms. The second-order valence-corrected chi connectivity index (χ2v) is 8.19. The monoisotopic (exact) mass is 273 g/mol. The van der Waals surface area contributed by atoms with Crippen LogP contribution in [0.4, 0.5) is 0 Å². The molecule has 0 saturated carbocycles. The van der Waals surface area contributed by atoms with E-state index in [1.807, 2.05) is 4.90 Å². The predicted molar refractivity (Wildman–Crippen MR) is 71.0 cm³/mol. The number of piperidine rings is 1. The van der Waals surface area contributed by atoms with Gasteiger partial charge in [-0.1, -0.05) is 6.92 Å². The van der Waals surface area contributed by atoms with Crippen LogP contribution in [0.2, 0.25) is 0 Å². The van der Waals surface area contributed by atoms with Crippen LogP contribution in [0.1, 0.15) is 39.0 Å². The number of hydrogen-bond acceptors (Lipinski definition) is 3. The molecule has 2 saturated heterocycles. The Hall–Kier alpha value is -0.580. The van der Waals surface area contributed by atoms with Gasteiger partial charge in [-0.2, -0.15) is 0 Å². The SMILES string of the molecule is CC1CCCN(C(=O)CC2CCS(=O)(=O)CC2)C1. The Bertz CT molecular complexity index is 390. The zero-order valence-corrected chi connectivity index (χ0v) is 11.9. The number of nitrogens with zero attached hydrogens (tertiary/aromatic N) is 1. The molecule has 1 atom stereocenters. The highest BCUT2D eigenvalue weighted by molar-refractivity contribution is 7.91. The summed E-state index contributed by atoms with van der Waals surface area (Å²) in [7, 11) is -2.81. The number of amides is 1. The summed E-state index contributed by atoms with van der Waals surface area (Å²) in [5, 5.41) is 0. The van der Waals surface area contributed by atoms with E-state index in [2.05, 4.69) is 6.92 Å². The zero-order chi connectivity index (χ0) is 13.2. The second-order valence-electron chi connectivity index (χ2n) is 5.89. The van der Waals surface area contributed by atoms with Gasteiger partial charge in [0.15, 0.2) is 0 Å². The summed E-state index contributed by atoms with van der Waals surface area (Å²) >= 11 is 0. The molecule has 2 rings (SSSR count). The Morgan fingerprint density at radius 1 is 1.22 bits per heavy atom. The Kier molecular flexibility index (Phi) is 4.30. The molecule has 104 valence electrons. The molecular weight excluding hydrogens is 250 g/mol. The van der Waals surface area contributed by atoms with Gasteiger partial charge >= 0.3 is 0 Å². The highest BCUT2D eigenvalue weighted by Gasteiger charge is 2.28. The van der Waals surface area contributed by atoms with E-state index in [-0.39, 0.29) is 23.3 Å². The number of likely N-dealkylation sites (tertiary alicyclic amines) is 1. The molecule has 0 aromatic carbocycles. The summed E-state index contributed by atoms with van der Waals surface area (Å²) in [6.45, 7) is 3.95. The van der Waals surface area contributed by atoms with Gasteiger partial charge in [-0.3, -0.25) is 4.79 Å². The van der Waals surface area contributed by atoms with Crippen molar-refractivity contribution < 1.29 is 13.2 Å². The molecule has 0 radical (unpaired) electrons. The van der Waals surface area contributed by atoms with Crippen molar-refractivity contribution in [1.82, 2.24) is 4.90 Å². The first kappa shape index (κ1) is 13.8. The van der Waals surface area contributed by atoms with Crippen molar-refractivity contribution in [2.24, 2.45) is 11.8 Å². The maximum atomic E-state index is 12.1. The molecular formula is C13H23NO3S. The van der Waals surface area contributed by atoms with Gasteiger partial charge in [-0.15, -0.1) is 0 Å². The lowest BCUT2D eigenvalue weighted by Gasteiger charge is -2.32. The molecule has 2 aliphatic heterocycles. The molecule has 1 unspecified atom stereocenters. The highest BCUT2D eigenvalue weighted by Crippen LogP contribution is 2.24. The standard InChI is InChI=1S/C13H23NO3S/c1-11-3-2-6-14(10-11)13(15)9-12-4-7-18(16,17)8-5-12/h11-12H,2-10H2,1H3. The van der Waals surface area contributed by atoms with E-state index in [0.29, 0.717) is 25.2 Å². The Balaban J connectivity index is 1.81. The molecule has 1 amide bonds. The molecule has 5 heteroatoms. The third kappa shape index (κ3) is 3.70. The maximum absolute atomic E-state index is 12.1. The first-order valence-electron chi connectivity index (χ1n) is 6.94. The minimum atomic E-state index is -2.81. The summed E-state index contributed by atoms with van der Waals surface area (Å²) in [5.41, 5.74) is 0. The normalized spacial score (nSPS) is 29.2. The summed E-state index contributed by atoms with van der Waals surface area (Å²) in [6, 6.07) is 0. The van der Waals surface area contributed by atoms with Crippen molar-refractivity contribution in [3.8, 4) is 0 Å². The zero-order valence-electron chi connectivity index (χ0n) is 11.1. The van der Waals surface area contributed by atoms with Crippen molar-refractivity contribution in [1.29, 1.82) is 0 Å². The number of carbonyl (C=O) groups is 1. The minimum absolute atomic E-state index is 0.228. The highest BCUT2D eigenvalue weighted by atomic mass is 32.2. The van der Waals surface area contributed by atoms with E-state index in [0.717, 1.165) is 19.5 Å². The van der Waals surface area contributed by atoms with E-state index < -0.39 is 9.84 Å². The molecule has 0 aromatic heterocycles. The molecule has 4 nitrogen and oxygen atoms in total. The lowest BCUT2D eigenvalue weighted by molar-refractivity contribution is -0.134. The van der Waals surface area contributed by atoms with Crippen LogP contribution in [-0.4, -0.2) is 43.8 Å². The van der Waals surface area contributed by atoms with Crippen molar-refractivity contribution in [2.45, 2.75) is 39.0 Å². The Morgan fingerprint density at radius 2 is 1.89 bits per heavy atom. The Morgan fingerprint density at radius 3 is 2.50 bits per heavy atom. The Labute approximate surface area is 110 Å². The smallest absolute Gasteiger partial charge is 0.222 e. The van der Waals surface area contributed by atoms with Crippen molar-refractivity contribution in [3.05, 3.63) is 0 Å². The average Bonchev–Trinajstić information content (AvgIpc) is 2.32. The molecule has 0 bridgehead atoms. The van der Waals surface area contributed by atoms with E-state index in [9.17, 15) is 13.2 Å². The number of rotatable bonds is 2. The van der Waals surface area contributed by atoms with Crippen molar-refractivity contribution in [3.63, 3.8) is 0 Å². The van der Waals surface area contributed by atoms with Gasteiger partial charge in [0.1, 0.15) is 9.84 Å². The van der Waals surface area contributed by atoms with Gasteiger partial charge < -0.3 is 4.90 Å². The summed E-state index contributed by atoms with van der Waals surface area (Å²) in [5.74, 6) is 1.64. The van der Waals surface area contributed by atoms with Crippen LogP contribution in [0.25, 0.3) is 0 Å². The summed E-state index contributed by atoms with van der Waals surface area (Å²) in [4.78, 5) is 14.1. The third-order valence-corrected chi connectivity index (χ3v) is 5.86. The fraction of sp³-hybridized carbons (Fsp3) is 0.923. The molecule has 2 aliphatic rings. The van der Waals surface area contributed by atoms with E-state index >= 15 is 0 Å². The lowest BCUT2D eigenvalue weighted by atomic mass is 9.96. The van der Waals surface area contributed by atoms with Crippen LogP contribution < -0.4 is 0 Å². The molecule has 2 fully saturated rings. The van der Waals surface area contributed by atoms with Gasteiger partial charge in [0, 0.05) is 19.5 Å². The van der Waals surface area contributed by atoms with Crippen LogP contribution in [0, 0.1) is 11.8 Å². The number of hydrogen-bond donors (Lipinski definition) is 0. The number of sulfone groups is 1. The number of carbonyl (C=O) groups excluding carboxylic acids is 1. The van der Waals surface area contributed by atoms with Gasteiger partial charge in [-0.05, 0) is 37.5 Å². The minimum Gasteiger partial charge on any atom is -0.342 e. The predicted octanol–water partition coefficient (Wildman–Crippen LogP) is 1.46. The molecule has 0 spiro atoms. The van der Waals surface area contributed by atoms with Crippen LogP contribution in [0.5, 0.6) is 0 Å². The topological polar surface area (TPSA) is 54.5 Å². The van der Waals surface area contributed by atoms with Crippen LogP contribution in [0.3, 0.4) is 0 Å². The second kappa shape index (κ2) is 5.59. The molecule has 0 aliphatic carbocycles. The van der Waals surface area contributed by atoms with Gasteiger partial charge in [0.2, 0.25) is 5.91 Å². The fourth-order valence-electron chi connectivity index (χ4n) is 2.93. The first-order valence-corrected chi connectivity index (χ1v) is 8.76. The van der Waals surface area contributed by atoms with Crippen molar-refractivity contribution in [2.75, 3.05) is 24.6 Å². The summed E-state index contributed by atoms with van der Waals surface area (Å²) < 4.78 is 22.7. The van der Waals surface area contributed by atoms with Crippen LogP contribution in [-0.2, 0) is 14.6 Å². The molecule has 0 N–H and O–H groups in total. The average molecular weight is 273 g/mol. The first-order chi connectivity index (χ1) is 8.46.